The van der Waals surface area contributed by atoms with Gasteiger partial charge in [0, 0.05) is 12.6 Å². The van der Waals surface area contributed by atoms with Gasteiger partial charge < -0.3 is 9.67 Å². The van der Waals surface area contributed by atoms with Gasteiger partial charge in [-0.15, -0.1) is 0 Å². The summed E-state index contributed by atoms with van der Waals surface area (Å²) in [5.41, 5.74) is 4.15. The van der Waals surface area contributed by atoms with E-state index in [1.54, 1.807) is 6.07 Å². The molecule has 0 bridgehead atoms. The summed E-state index contributed by atoms with van der Waals surface area (Å²) >= 11 is 3.29. The van der Waals surface area contributed by atoms with Crippen LogP contribution in [-0.2, 0) is 7.05 Å². The molecule has 1 N–H and O–H groups in total. The number of phenols is 1. The monoisotopic (exact) mass is 316 g/mol. The second-order valence-corrected chi connectivity index (χ2v) is 5.51. The van der Waals surface area contributed by atoms with Crippen molar-refractivity contribution in [3.8, 4) is 17.1 Å². The summed E-state index contributed by atoms with van der Waals surface area (Å²) in [6.45, 7) is 2.05. The molecule has 0 aliphatic heterocycles. The van der Waals surface area contributed by atoms with Gasteiger partial charge in [-0.2, -0.15) is 0 Å². The molecule has 0 aliphatic rings. The Morgan fingerprint density at radius 2 is 1.95 bits per heavy atom. The number of aromatic hydroxyl groups is 1. The summed E-state index contributed by atoms with van der Waals surface area (Å²) in [7, 11) is 1.99. The smallest absolute Gasteiger partial charge is 0.140 e. The summed E-state index contributed by atoms with van der Waals surface area (Å²) < 4.78 is 2.73. The number of aromatic nitrogens is 2. The van der Waals surface area contributed by atoms with Crippen molar-refractivity contribution in [2.24, 2.45) is 7.05 Å². The Kier molecular flexibility index (Phi) is 2.82. The van der Waals surface area contributed by atoms with E-state index in [0.29, 0.717) is 4.47 Å². The number of halogens is 1. The lowest BCUT2D eigenvalue weighted by molar-refractivity contribution is 0.472. The fourth-order valence-electron chi connectivity index (χ4n) is 2.22. The maximum absolute atomic E-state index is 9.79. The van der Waals surface area contributed by atoms with E-state index >= 15 is 0 Å². The molecule has 0 saturated carbocycles. The van der Waals surface area contributed by atoms with Crippen molar-refractivity contribution < 1.29 is 5.11 Å². The highest BCUT2D eigenvalue weighted by molar-refractivity contribution is 9.10. The number of nitrogens with zero attached hydrogens (tertiary/aromatic N) is 2. The second-order valence-electron chi connectivity index (χ2n) is 4.65. The molecule has 0 unspecified atom stereocenters. The third-order valence-corrected chi connectivity index (χ3v) is 3.91. The molecule has 3 rings (SSSR count). The highest BCUT2D eigenvalue weighted by atomic mass is 79.9. The highest BCUT2D eigenvalue weighted by Crippen LogP contribution is 2.30. The molecule has 0 spiro atoms. The molecule has 0 saturated heterocycles. The predicted octanol–water partition coefficient (Wildman–Crippen LogP) is 4.02. The van der Waals surface area contributed by atoms with Gasteiger partial charge in [0.05, 0.1) is 15.5 Å². The SMILES string of the molecule is Cc1ccc2c(c1)nc(-c1ccc(Br)c(O)c1)n2C. The third-order valence-electron chi connectivity index (χ3n) is 3.24. The van der Waals surface area contributed by atoms with E-state index in [1.807, 2.05) is 23.7 Å². The van der Waals surface area contributed by atoms with Crippen LogP contribution in [-0.4, -0.2) is 14.7 Å². The molecule has 1 heterocycles. The fraction of sp³-hybridized carbons (Fsp3) is 0.133. The van der Waals surface area contributed by atoms with Gasteiger partial charge >= 0.3 is 0 Å². The molecular weight excluding hydrogens is 304 g/mol. The van der Waals surface area contributed by atoms with Crippen LogP contribution >= 0.6 is 15.9 Å². The number of imidazole rings is 1. The minimum absolute atomic E-state index is 0.223. The Morgan fingerprint density at radius 3 is 2.68 bits per heavy atom. The molecule has 3 aromatic rings. The van der Waals surface area contributed by atoms with E-state index in [4.69, 9.17) is 0 Å². The van der Waals surface area contributed by atoms with E-state index in [2.05, 4.69) is 46.0 Å². The lowest BCUT2D eigenvalue weighted by atomic mass is 10.2. The summed E-state index contributed by atoms with van der Waals surface area (Å²) in [5, 5.41) is 9.79. The first-order chi connectivity index (χ1) is 9.06. The van der Waals surface area contributed by atoms with Crippen LogP contribution in [0.15, 0.2) is 40.9 Å². The maximum atomic E-state index is 9.79. The van der Waals surface area contributed by atoms with Crippen LogP contribution in [0.1, 0.15) is 5.56 Å². The number of rotatable bonds is 1. The Labute approximate surface area is 119 Å². The number of fused-ring (bicyclic) bond motifs is 1. The van der Waals surface area contributed by atoms with E-state index in [0.717, 1.165) is 22.4 Å². The summed E-state index contributed by atoms with van der Waals surface area (Å²) in [4.78, 5) is 4.65. The molecule has 3 nitrogen and oxygen atoms in total. The molecule has 96 valence electrons. The Bertz CT molecular complexity index is 777. The third kappa shape index (κ3) is 2.02. The molecular formula is C15H13BrN2O. The predicted molar refractivity (Wildman–Crippen MR) is 80.3 cm³/mol. The topological polar surface area (TPSA) is 38.1 Å². The number of hydrogen-bond donors (Lipinski definition) is 1. The van der Waals surface area contributed by atoms with Gasteiger partial charge in [0.2, 0.25) is 0 Å². The largest absolute Gasteiger partial charge is 0.507 e. The van der Waals surface area contributed by atoms with E-state index in [9.17, 15) is 5.11 Å². The number of phenolic OH excluding ortho intramolecular Hbond substituents is 1. The van der Waals surface area contributed by atoms with Crippen LogP contribution < -0.4 is 0 Å². The number of aryl methyl sites for hydroxylation is 2. The van der Waals surface area contributed by atoms with E-state index in [1.165, 1.54) is 5.56 Å². The zero-order chi connectivity index (χ0) is 13.6. The normalized spacial score (nSPS) is 11.1. The Morgan fingerprint density at radius 1 is 1.16 bits per heavy atom. The standard InChI is InChI=1S/C15H13BrN2O/c1-9-3-6-13-12(7-9)17-15(18(13)2)10-4-5-11(16)14(19)8-10/h3-8,19H,1-2H3. The lowest BCUT2D eigenvalue weighted by Crippen LogP contribution is -1.92. The van der Waals surface area contributed by atoms with E-state index < -0.39 is 0 Å². The summed E-state index contributed by atoms with van der Waals surface area (Å²) in [6.07, 6.45) is 0. The highest BCUT2D eigenvalue weighted by Gasteiger charge is 2.11. The van der Waals surface area contributed by atoms with Crippen molar-refractivity contribution in [3.63, 3.8) is 0 Å². The fourth-order valence-corrected chi connectivity index (χ4v) is 2.47. The summed E-state index contributed by atoms with van der Waals surface area (Å²) in [5.74, 6) is 1.07. The molecule has 4 heteroatoms. The zero-order valence-electron chi connectivity index (χ0n) is 10.7. The van der Waals surface area contributed by atoms with Crippen LogP contribution in [0.3, 0.4) is 0 Å². The van der Waals surface area contributed by atoms with Gasteiger partial charge in [-0.1, -0.05) is 6.07 Å². The van der Waals surface area contributed by atoms with Crippen LogP contribution in [0, 0.1) is 6.92 Å². The van der Waals surface area contributed by atoms with Crippen molar-refractivity contribution in [1.82, 2.24) is 9.55 Å². The van der Waals surface area contributed by atoms with Gasteiger partial charge in [0.25, 0.3) is 0 Å². The molecule has 0 fully saturated rings. The van der Waals surface area contributed by atoms with Crippen LogP contribution in [0.2, 0.25) is 0 Å². The minimum atomic E-state index is 0.223. The molecule has 19 heavy (non-hydrogen) atoms. The number of hydrogen-bond acceptors (Lipinski definition) is 2. The molecule has 1 aromatic heterocycles. The second kappa shape index (κ2) is 4.38. The Hall–Kier alpha value is -1.81. The quantitative estimate of drug-likeness (QED) is 0.736. The number of benzene rings is 2. The maximum Gasteiger partial charge on any atom is 0.140 e. The van der Waals surface area contributed by atoms with E-state index in [-0.39, 0.29) is 5.75 Å². The molecule has 0 radical (unpaired) electrons. The van der Waals surface area contributed by atoms with Crippen molar-refractivity contribution in [1.29, 1.82) is 0 Å². The molecule has 0 amide bonds. The van der Waals surface area contributed by atoms with Gasteiger partial charge in [0.15, 0.2) is 0 Å². The summed E-state index contributed by atoms with van der Waals surface area (Å²) in [6, 6.07) is 11.7. The van der Waals surface area contributed by atoms with Gasteiger partial charge in [-0.3, -0.25) is 0 Å². The lowest BCUT2D eigenvalue weighted by Gasteiger charge is -2.04. The first-order valence-corrected chi connectivity index (χ1v) is 6.77. The van der Waals surface area contributed by atoms with Gasteiger partial charge in [-0.25, -0.2) is 4.98 Å². The van der Waals surface area contributed by atoms with Crippen molar-refractivity contribution in [2.45, 2.75) is 6.92 Å². The van der Waals surface area contributed by atoms with Crippen LogP contribution in [0.4, 0.5) is 0 Å². The zero-order valence-corrected chi connectivity index (χ0v) is 12.3. The van der Waals surface area contributed by atoms with Gasteiger partial charge in [0.1, 0.15) is 11.6 Å². The Balaban J connectivity index is 2.24. The van der Waals surface area contributed by atoms with Crippen LogP contribution in [0.25, 0.3) is 22.4 Å². The minimum Gasteiger partial charge on any atom is -0.507 e. The average Bonchev–Trinajstić information content (AvgIpc) is 2.70. The molecule has 0 atom stereocenters. The average molecular weight is 317 g/mol. The van der Waals surface area contributed by atoms with Gasteiger partial charge in [-0.05, 0) is 58.7 Å². The first kappa shape index (κ1) is 12.2. The van der Waals surface area contributed by atoms with Crippen LogP contribution in [0.5, 0.6) is 5.75 Å². The van der Waals surface area contributed by atoms with Crippen molar-refractivity contribution in [3.05, 3.63) is 46.4 Å². The van der Waals surface area contributed by atoms with Crippen molar-refractivity contribution >= 4 is 27.0 Å². The first-order valence-electron chi connectivity index (χ1n) is 5.98. The van der Waals surface area contributed by atoms with Crippen molar-refractivity contribution in [2.75, 3.05) is 0 Å². The molecule has 0 aliphatic carbocycles. The molecule has 2 aromatic carbocycles.